The summed E-state index contributed by atoms with van der Waals surface area (Å²) >= 11 is 0. The van der Waals surface area contributed by atoms with Crippen molar-refractivity contribution in [3.8, 4) is 0 Å². The summed E-state index contributed by atoms with van der Waals surface area (Å²) in [6, 6.07) is 11.2. The van der Waals surface area contributed by atoms with Gasteiger partial charge in [-0.25, -0.2) is 0 Å². The van der Waals surface area contributed by atoms with Gasteiger partial charge in [-0.05, 0) is 25.5 Å². The first-order chi connectivity index (χ1) is 11.1. The third-order valence-corrected chi connectivity index (χ3v) is 4.86. The Kier molecular flexibility index (Phi) is 7.06. The van der Waals surface area contributed by atoms with Gasteiger partial charge in [-0.1, -0.05) is 44.2 Å². The fraction of sp³-hybridized carbons (Fsp3) is 0.632. The van der Waals surface area contributed by atoms with Crippen LogP contribution in [-0.2, 0) is 4.79 Å². The molecule has 0 unspecified atom stereocenters. The quantitative estimate of drug-likeness (QED) is 0.785. The number of piperazine rings is 1. The Morgan fingerprint density at radius 3 is 2.74 bits per heavy atom. The predicted molar refractivity (Wildman–Crippen MR) is 95.3 cm³/mol. The molecule has 1 fully saturated rings. The third kappa shape index (κ3) is 5.33. The van der Waals surface area contributed by atoms with E-state index in [0.717, 1.165) is 45.6 Å². The summed E-state index contributed by atoms with van der Waals surface area (Å²) in [4.78, 5) is 16.8. The van der Waals surface area contributed by atoms with Crippen LogP contribution in [0.5, 0.6) is 0 Å². The molecule has 0 spiro atoms. The number of rotatable bonds is 7. The van der Waals surface area contributed by atoms with E-state index in [-0.39, 0.29) is 11.8 Å². The first-order valence-electron chi connectivity index (χ1n) is 8.87. The van der Waals surface area contributed by atoms with Crippen LogP contribution in [0.4, 0.5) is 0 Å². The lowest BCUT2D eigenvalue weighted by Crippen LogP contribution is -2.47. The highest BCUT2D eigenvalue weighted by molar-refractivity contribution is 5.78. The van der Waals surface area contributed by atoms with Gasteiger partial charge in [-0.2, -0.15) is 0 Å². The number of amides is 1. The minimum Gasteiger partial charge on any atom is -0.356 e. The van der Waals surface area contributed by atoms with Crippen LogP contribution < -0.4 is 5.32 Å². The molecule has 4 nitrogen and oxygen atoms in total. The van der Waals surface area contributed by atoms with Gasteiger partial charge in [0.05, 0.1) is 0 Å². The summed E-state index contributed by atoms with van der Waals surface area (Å²) < 4.78 is 0. The molecule has 1 heterocycles. The fourth-order valence-corrected chi connectivity index (χ4v) is 3.07. The first-order valence-corrected chi connectivity index (χ1v) is 8.87. The number of nitrogens with one attached hydrogen (secondary N) is 1. The Morgan fingerprint density at radius 1 is 1.30 bits per heavy atom. The smallest absolute Gasteiger partial charge is 0.222 e. The summed E-state index contributed by atoms with van der Waals surface area (Å²) in [6.45, 7) is 9.13. The highest BCUT2D eigenvalue weighted by Gasteiger charge is 2.25. The van der Waals surface area contributed by atoms with Crippen molar-refractivity contribution >= 4 is 5.91 Å². The minimum atomic E-state index is 0.121. The highest BCUT2D eigenvalue weighted by atomic mass is 16.1. The molecule has 0 saturated carbocycles. The van der Waals surface area contributed by atoms with Crippen LogP contribution >= 0.6 is 0 Å². The van der Waals surface area contributed by atoms with Crippen LogP contribution in [0.25, 0.3) is 0 Å². The highest BCUT2D eigenvalue weighted by Crippen LogP contribution is 2.24. The first kappa shape index (κ1) is 18.0. The van der Waals surface area contributed by atoms with Crippen LogP contribution in [0, 0.1) is 5.92 Å². The van der Waals surface area contributed by atoms with Gasteiger partial charge >= 0.3 is 0 Å². The fourth-order valence-electron chi connectivity index (χ4n) is 3.07. The lowest BCUT2D eigenvalue weighted by Gasteiger charge is -2.40. The van der Waals surface area contributed by atoms with E-state index in [2.05, 4.69) is 59.4 Å². The summed E-state index contributed by atoms with van der Waals surface area (Å²) in [5.74, 6) is 0.307. The number of hydrogen-bond donors (Lipinski definition) is 1. The normalized spacial score (nSPS) is 21.1. The van der Waals surface area contributed by atoms with E-state index in [4.69, 9.17) is 0 Å². The van der Waals surface area contributed by atoms with Crippen molar-refractivity contribution in [1.29, 1.82) is 0 Å². The molecule has 1 aliphatic heterocycles. The van der Waals surface area contributed by atoms with Crippen LogP contribution in [0.1, 0.15) is 38.3 Å². The zero-order chi connectivity index (χ0) is 16.7. The van der Waals surface area contributed by atoms with E-state index in [1.165, 1.54) is 5.56 Å². The molecule has 128 valence electrons. The van der Waals surface area contributed by atoms with Gasteiger partial charge in [0.25, 0.3) is 0 Å². The maximum absolute atomic E-state index is 11.8. The van der Waals surface area contributed by atoms with Crippen molar-refractivity contribution in [3.05, 3.63) is 35.9 Å². The van der Waals surface area contributed by atoms with E-state index >= 15 is 0 Å². The van der Waals surface area contributed by atoms with E-state index in [0.29, 0.717) is 6.04 Å². The molecule has 0 bridgehead atoms. The lowest BCUT2D eigenvalue weighted by atomic mass is 10.0. The maximum Gasteiger partial charge on any atom is 0.222 e. The van der Waals surface area contributed by atoms with Gasteiger partial charge in [-0.15, -0.1) is 0 Å². The van der Waals surface area contributed by atoms with Crippen molar-refractivity contribution < 1.29 is 4.79 Å². The Labute approximate surface area is 140 Å². The third-order valence-electron chi connectivity index (χ3n) is 4.86. The minimum absolute atomic E-state index is 0.121. The Balaban J connectivity index is 1.84. The van der Waals surface area contributed by atoms with E-state index in [1.54, 1.807) is 0 Å². The molecule has 1 saturated heterocycles. The van der Waals surface area contributed by atoms with Gasteiger partial charge in [0, 0.05) is 44.7 Å². The van der Waals surface area contributed by atoms with Crippen molar-refractivity contribution in [2.45, 2.75) is 32.7 Å². The summed E-state index contributed by atoms with van der Waals surface area (Å²) in [5.41, 5.74) is 1.39. The molecule has 1 N–H and O–H groups in total. The monoisotopic (exact) mass is 317 g/mol. The summed E-state index contributed by atoms with van der Waals surface area (Å²) in [7, 11) is 2.19. The number of hydrogen-bond acceptors (Lipinski definition) is 3. The van der Waals surface area contributed by atoms with Crippen LogP contribution in [0.2, 0.25) is 0 Å². The average molecular weight is 317 g/mol. The van der Waals surface area contributed by atoms with E-state index < -0.39 is 0 Å². The molecule has 1 aromatic carbocycles. The average Bonchev–Trinajstić information content (AvgIpc) is 2.59. The van der Waals surface area contributed by atoms with Crippen molar-refractivity contribution in [2.24, 2.45) is 5.92 Å². The molecule has 1 amide bonds. The molecule has 1 aromatic rings. The van der Waals surface area contributed by atoms with E-state index in [9.17, 15) is 4.79 Å². The van der Waals surface area contributed by atoms with Gasteiger partial charge in [0.2, 0.25) is 5.91 Å². The second-order valence-corrected chi connectivity index (χ2v) is 6.68. The molecule has 4 heteroatoms. The second-order valence-electron chi connectivity index (χ2n) is 6.68. The number of carbonyl (C=O) groups is 1. The van der Waals surface area contributed by atoms with Crippen LogP contribution in [0.15, 0.2) is 30.3 Å². The molecule has 0 aliphatic carbocycles. The van der Waals surface area contributed by atoms with Gasteiger partial charge < -0.3 is 10.2 Å². The Morgan fingerprint density at radius 2 is 2.04 bits per heavy atom. The number of carbonyl (C=O) groups excluding carboxylic acids is 1. The maximum atomic E-state index is 11.8. The Bertz CT molecular complexity index is 477. The molecule has 23 heavy (non-hydrogen) atoms. The van der Waals surface area contributed by atoms with Crippen LogP contribution in [0.3, 0.4) is 0 Å². The van der Waals surface area contributed by atoms with Crippen molar-refractivity contribution in [3.63, 3.8) is 0 Å². The van der Waals surface area contributed by atoms with Gasteiger partial charge in [0.1, 0.15) is 0 Å². The number of nitrogens with zero attached hydrogens (tertiary/aromatic N) is 2. The van der Waals surface area contributed by atoms with Gasteiger partial charge in [0.15, 0.2) is 0 Å². The largest absolute Gasteiger partial charge is 0.356 e. The topological polar surface area (TPSA) is 35.6 Å². The molecule has 0 aromatic heterocycles. The van der Waals surface area contributed by atoms with E-state index in [1.807, 2.05) is 6.92 Å². The lowest BCUT2D eigenvalue weighted by molar-refractivity contribution is -0.124. The molecule has 2 rings (SSSR count). The molecular weight excluding hydrogens is 286 g/mol. The SMILES string of the molecule is CC[C@H](C)C(=O)NCCCN1CCN(C)C[C@H]1c1ccccc1. The summed E-state index contributed by atoms with van der Waals surface area (Å²) in [6.07, 6.45) is 1.91. The zero-order valence-corrected chi connectivity index (χ0v) is 14.8. The number of benzene rings is 1. The van der Waals surface area contributed by atoms with Gasteiger partial charge in [-0.3, -0.25) is 9.69 Å². The molecular formula is C19H31N3O. The second kappa shape index (κ2) is 9.04. The molecule has 1 aliphatic rings. The van der Waals surface area contributed by atoms with Crippen molar-refractivity contribution in [1.82, 2.24) is 15.1 Å². The summed E-state index contributed by atoms with van der Waals surface area (Å²) in [5, 5.41) is 3.06. The standard InChI is InChI=1S/C19H31N3O/c1-4-16(2)19(23)20-11-8-12-22-14-13-21(3)15-18(22)17-9-6-5-7-10-17/h5-7,9-10,16,18H,4,8,11-15H2,1-3H3,(H,20,23)/t16-,18-/m0/s1. The predicted octanol–water partition coefficient (Wildman–Crippen LogP) is 2.53. The zero-order valence-electron chi connectivity index (χ0n) is 14.8. The van der Waals surface area contributed by atoms with Crippen LogP contribution in [-0.4, -0.2) is 55.5 Å². The Hall–Kier alpha value is -1.39. The number of likely N-dealkylation sites (N-methyl/N-ethyl adjacent to an activating group) is 1. The van der Waals surface area contributed by atoms with Crippen molar-refractivity contribution in [2.75, 3.05) is 39.8 Å². The molecule has 0 radical (unpaired) electrons. The molecule has 2 atom stereocenters.